The molecule has 6 nitrogen and oxygen atoms in total. The lowest BCUT2D eigenvalue weighted by molar-refractivity contribution is -0.167. The van der Waals surface area contributed by atoms with Crippen LogP contribution in [0.5, 0.6) is 0 Å². The Balaban J connectivity index is 4.61. The smallest absolute Gasteiger partial charge is 0.306 e. The molecule has 0 N–H and O–H groups in total. The largest absolute Gasteiger partial charge is 0.462 e. The van der Waals surface area contributed by atoms with Crippen LogP contribution >= 0.6 is 0 Å². The van der Waals surface area contributed by atoms with Crippen LogP contribution in [0.1, 0.15) is 194 Å². The normalized spacial score (nSPS) is 13.4. The summed E-state index contributed by atoms with van der Waals surface area (Å²) < 4.78 is 16.7. The van der Waals surface area contributed by atoms with E-state index in [0.717, 1.165) is 116 Å². The van der Waals surface area contributed by atoms with E-state index in [2.05, 4.69) is 124 Å². The van der Waals surface area contributed by atoms with Crippen LogP contribution < -0.4 is 0 Å². The SMILES string of the molecule is CC/C=C/C=C/C=C/C=C/C=C/CCCC(=O)OCC(COC(=O)CCCCC/C=C/C/C=C/C/C=C/C/C=C/C/C=C/CC)OC(=O)CCCCCCC/C=C/C=C/C=C/CCCCCCC. The molecule has 0 spiro atoms. The van der Waals surface area contributed by atoms with Gasteiger partial charge in [-0.3, -0.25) is 14.4 Å². The minimum Gasteiger partial charge on any atom is -0.462 e. The molecule has 0 aromatic heterocycles. The van der Waals surface area contributed by atoms with Crippen molar-refractivity contribution in [3.8, 4) is 0 Å². The van der Waals surface area contributed by atoms with Crippen molar-refractivity contribution in [2.45, 2.75) is 200 Å². The highest BCUT2D eigenvalue weighted by molar-refractivity contribution is 5.71. The Bertz CT molecular complexity index is 1590. The molecule has 0 aliphatic heterocycles. The van der Waals surface area contributed by atoms with Gasteiger partial charge in [-0.05, 0) is 103 Å². The van der Waals surface area contributed by atoms with Crippen molar-refractivity contribution in [3.63, 3.8) is 0 Å². The summed E-state index contributed by atoms with van der Waals surface area (Å²) >= 11 is 0. The number of hydrogen-bond donors (Lipinski definition) is 0. The summed E-state index contributed by atoms with van der Waals surface area (Å²) in [6, 6.07) is 0. The summed E-state index contributed by atoms with van der Waals surface area (Å²) in [5.41, 5.74) is 0. The fourth-order valence-corrected chi connectivity index (χ4v) is 6.50. The molecule has 0 fully saturated rings. The standard InChI is InChI=1S/C62H94O6/c1-4-7-10-13-16-19-22-25-27-29-31-33-34-37-40-43-46-49-52-55-61(64)67-58-59(57-66-60(63)54-51-48-45-42-39-36-24-21-18-15-12-9-6-3)68-62(65)56-53-50-47-44-41-38-35-32-30-28-26-23-20-17-14-11-8-5-2/h7,9-10,12,15-16,18-19,21,23-28,30-33,35-37,39-40,42,45,59H,4-6,8,11,13-14,17,20,22,29,34,38,41,43-44,46-58H2,1-3H3/b10-7+,12-9+,18-15+,19-16+,24-21+,26-23+,27-25+,30-28+,33-31+,35-32+,39-36+,40-37+,45-42+. The molecule has 0 radical (unpaired) electrons. The number of carbonyl (C=O) groups is 3. The zero-order valence-electron chi connectivity index (χ0n) is 43.0. The Morgan fingerprint density at radius 3 is 1.15 bits per heavy atom. The van der Waals surface area contributed by atoms with Gasteiger partial charge in [-0.2, -0.15) is 0 Å². The molecule has 0 saturated heterocycles. The molecule has 0 aromatic carbocycles. The van der Waals surface area contributed by atoms with Gasteiger partial charge in [0.15, 0.2) is 6.10 Å². The Morgan fingerprint density at radius 1 is 0.324 bits per heavy atom. The van der Waals surface area contributed by atoms with Gasteiger partial charge in [-0.1, -0.05) is 230 Å². The van der Waals surface area contributed by atoms with Crippen LogP contribution in [-0.2, 0) is 28.6 Å². The number of carbonyl (C=O) groups excluding carboxylic acids is 3. The predicted octanol–water partition coefficient (Wildman–Crippen LogP) is 17.8. The van der Waals surface area contributed by atoms with Crippen molar-refractivity contribution in [1.82, 2.24) is 0 Å². The number of rotatable bonds is 45. The molecule has 68 heavy (non-hydrogen) atoms. The van der Waals surface area contributed by atoms with Crippen molar-refractivity contribution in [2.24, 2.45) is 0 Å². The van der Waals surface area contributed by atoms with Crippen LogP contribution in [0.15, 0.2) is 158 Å². The third-order valence-corrected chi connectivity index (χ3v) is 10.4. The molecule has 1 unspecified atom stereocenters. The maximum atomic E-state index is 12.8. The van der Waals surface area contributed by atoms with Gasteiger partial charge in [0, 0.05) is 19.3 Å². The molecule has 0 rings (SSSR count). The van der Waals surface area contributed by atoms with Crippen LogP contribution in [0.4, 0.5) is 0 Å². The third kappa shape index (κ3) is 52.0. The van der Waals surface area contributed by atoms with Crippen LogP contribution in [0.25, 0.3) is 0 Å². The van der Waals surface area contributed by atoms with Crippen molar-refractivity contribution in [1.29, 1.82) is 0 Å². The van der Waals surface area contributed by atoms with Crippen LogP contribution in [0, 0.1) is 0 Å². The van der Waals surface area contributed by atoms with Crippen LogP contribution in [-0.4, -0.2) is 37.2 Å². The van der Waals surface area contributed by atoms with Crippen LogP contribution in [0.2, 0.25) is 0 Å². The maximum Gasteiger partial charge on any atom is 0.306 e. The Labute approximate surface area is 416 Å². The molecule has 0 aliphatic rings. The van der Waals surface area contributed by atoms with Gasteiger partial charge in [0.05, 0.1) is 0 Å². The molecular formula is C62H94O6. The summed E-state index contributed by atoms with van der Waals surface area (Å²) in [6.45, 7) is 6.23. The molecule has 0 amide bonds. The average molecular weight is 935 g/mol. The summed E-state index contributed by atoms with van der Waals surface area (Å²) in [7, 11) is 0. The first-order chi connectivity index (χ1) is 33.5. The van der Waals surface area contributed by atoms with E-state index in [4.69, 9.17) is 14.2 Å². The van der Waals surface area contributed by atoms with E-state index in [-0.39, 0.29) is 44.0 Å². The fraction of sp³-hybridized carbons (Fsp3) is 0.532. The lowest BCUT2D eigenvalue weighted by atomic mass is 10.1. The predicted molar refractivity (Wildman–Crippen MR) is 292 cm³/mol. The van der Waals surface area contributed by atoms with Gasteiger partial charge >= 0.3 is 17.9 Å². The van der Waals surface area contributed by atoms with E-state index in [9.17, 15) is 14.4 Å². The fourth-order valence-electron chi connectivity index (χ4n) is 6.50. The Hall–Kier alpha value is -4.97. The quantitative estimate of drug-likeness (QED) is 0.0199. The van der Waals surface area contributed by atoms with Gasteiger partial charge < -0.3 is 14.2 Å². The summed E-state index contributed by atoms with van der Waals surface area (Å²) in [4.78, 5) is 38.0. The second kappa shape index (κ2) is 54.6. The first-order valence-corrected chi connectivity index (χ1v) is 26.6. The topological polar surface area (TPSA) is 78.9 Å². The number of ether oxygens (including phenoxy) is 3. The van der Waals surface area contributed by atoms with E-state index < -0.39 is 6.10 Å². The zero-order valence-corrected chi connectivity index (χ0v) is 43.0. The highest BCUT2D eigenvalue weighted by atomic mass is 16.6. The van der Waals surface area contributed by atoms with E-state index in [0.29, 0.717) is 12.8 Å². The number of unbranched alkanes of at least 4 members (excludes halogenated alkanes) is 14. The van der Waals surface area contributed by atoms with Crippen molar-refractivity contribution >= 4 is 17.9 Å². The lowest BCUT2D eigenvalue weighted by Crippen LogP contribution is -2.30. The van der Waals surface area contributed by atoms with Crippen LogP contribution in [0.3, 0.4) is 0 Å². The van der Waals surface area contributed by atoms with Crippen molar-refractivity contribution in [2.75, 3.05) is 13.2 Å². The number of esters is 3. The summed E-state index contributed by atoms with van der Waals surface area (Å²) in [5.74, 6) is -1.07. The molecule has 0 heterocycles. The lowest BCUT2D eigenvalue weighted by Gasteiger charge is -2.18. The first-order valence-electron chi connectivity index (χ1n) is 26.6. The summed E-state index contributed by atoms with van der Waals surface area (Å²) in [5, 5.41) is 0. The molecule has 6 heteroatoms. The van der Waals surface area contributed by atoms with Crippen molar-refractivity contribution in [3.05, 3.63) is 158 Å². The monoisotopic (exact) mass is 935 g/mol. The molecule has 0 aliphatic carbocycles. The van der Waals surface area contributed by atoms with Gasteiger partial charge in [0.25, 0.3) is 0 Å². The van der Waals surface area contributed by atoms with E-state index in [1.807, 2.05) is 54.7 Å². The van der Waals surface area contributed by atoms with Gasteiger partial charge in [-0.15, -0.1) is 0 Å². The van der Waals surface area contributed by atoms with Gasteiger partial charge in [0.1, 0.15) is 13.2 Å². The average Bonchev–Trinajstić information content (AvgIpc) is 3.34. The van der Waals surface area contributed by atoms with E-state index in [1.165, 1.54) is 32.1 Å². The first kappa shape index (κ1) is 63.0. The minimum absolute atomic E-state index is 0.134. The van der Waals surface area contributed by atoms with E-state index >= 15 is 0 Å². The molecule has 0 aromatic rings. The third-order valence-electron chi connectivity index (χ3n) is 10.4. The highest BCUT2D eigenvalue weighted by Crippen LogP contribution is 2.12. The number of allylic oxidation sites excluding steroid dienone is 26. The maximum absolute atomic E-state index is 12.8. The highest BCUT2D eigenvalue weighted by Gasteiger charge is 2.19. The van der Waals surface area contributed by atoms with Gasteiger partial charge in [-0.25, -0.2) is 0 Å². The molecule has 0 bridgehead atoms. The molecule has 1 atom stereocenters. The van der Waals surface area contributed by atoms with Crippen molar-refractivity contribution < 1.29 is 28.6 Å². The Kier molecular flexibility index (Phi) is 50.6. The van der Waals surface area contributed by atoms with Gasteiger partial charge in [0.2, 0.25) is 0 Å². The summed E-state index contributed by atoms with van der Waals surface area (Å²) in [6.07, 6.45) is 79.5. The second-order valence-electron chi connectivity index (χ2n) is 16.8. The zero-order chi connectivity index (χ0) is 49.3. The Morgan fingerprint density at radius 2 is 0.662 bits per heavy atom. The number of hydrogen-bond acceptors (Lipinski definition) is 6. The molecule has 378 valence electrons. The van der Waals surface area contributed by atoms with E-state index in [1.54, 1.807) is 0 Å². The molecular weight excluding hydrogens is 841 g/mol. The second-order valence-corrected chi connectivity index (χ2v) is 16.8. The minimum atomic E-state index is -0.840. The molecule has 0 saturated carbocycles.